The van der Waals surface area contributed by atoms with Crippen molar-refractivity contribution in [3.05, 3.63) is 30.6 Å². The molecule has 0 aliphatic carbocycles. The number of rotatable bonds is 1. The van der Waals surface area contributed by atoms with Gasteiger partial charge in [0.05, 0.1) is 0 Å². The van der Waals surface area contributed by atoms with Crippen molar-refractivity contribution in [1.82, 2.24) is 9.88 Å². The fourth-order valence-corrected chi connectivity index (χ4v) is 0.313. The van der Waals surface area contributed by atoms with E-state index in [2.05, 4.69) is 4.98 Å². The molecule has 1 heterocycles. The Kier molecular flexibility index (Phi) is 11.3. The maximum absolute atomic E-state index is 9.43. The highest BCUT2D eigenvalue weighted by Gasteiger charge is 1.68. The van der Waals surface area contributed by atoms with Gasteiger partial charge in [-0.25, -0.2) is 0 Å². The summed E-state index contributed by atoms with van der Waals surface area (Å²) in [5.41, 5.74) is 0. The lowest BCUT2D eigenvalue weighted by Gasteiger charge is -1.93. The Morgan fingerprint density at radius 2 is 1.58 bits per heavy atom. The number of aromatic nitrogens is 1. The largest absolute Gasteiger partial charge is 0.351 e. The third kappa shape index (κ3) is 11.7. The van der Waals surface area contributed by atoms with Crippen molar-refractivity contribution in [3.8, 4) is 0 Å². The third-order valence-corrected chi connectivity index (χ3v) is 0.777. The average Bonchev–Trinajstić information content (AvgIpc) is 2.09. The Labute approximate surface area is 79.9 Å². The highest BCUT2D eigenvalue weighted by atomic mass is 32.1. The van der Waals surface area contributed by atoms with Crippen molar-refractivity contribution in [2.24, 2.45) is 0 Å². The normalized spacial score (nSPS) is 6.83. The van der Waals surface area contributed by atoms with Crippen LogP contribution in [0.3, 0.4) is 0 Å². The number of hydrogen-bond acceptors (Lipinski definition) is 2. The maximum Gasteiger partial charge on any atom is 0.209 e. The summed E-state index contributed by atoms with van der Waals surface area (Å²) in [5.74, 6) is 0. The van der Waals surface area contributed by atoms with Crippen LogP contribution in [0.25, 0.3) is 0 Å². The molecular formula is C8H14N2OS. The number of hydrogen-bond donors (Lipinski definition) is 0. The Bertz CT molecular complexity index is 153. The van der Waals surface area contributed by atoms with Crippen molar-refractivity contribution in [2.45, 2.75) is 0 Å². The van der Waals surface area contributed by atoms with E-state index >= 15 is 0 Å². The minimum absolute atomic E-state index is 0. The fraction of sp³-hybridized carbons (Fsp3) is 0.250. The van der Waals surface area contributed by atoms with E-state index in [0.29, 0.717) is 0 Å². The van der Waals surface area contributed by atoms with Crippen LogP contribution in [-0.2, 0) is 4.79 Å². The third-order valence-electron chi connectivity index (χ3n) is 0.777. The van der Waals surface area contributed by atoms with Crippen LogP contribution in [0, 0.1) is 0 Å². The van der Waals surface area contributed by atoms with Gasteiger partial charge in [-0.15, -0.1) is 0 Å². The first-order valence-corrected chi connectivity index (χ1v) is 3.24. The highest BCUT2D eigenvalue weighted by Crippen LogP contribution is 1.73. The minimum Gasteiger partial charge on any atom is -0.351 e. The molecule has 4 heteroatoms. The van der Waals surface area contributed by atoms with Gasteiger partial charge in [0.25, 0.3) is 0 Å². The molecule has 0 aromatic carbocycles. The van der Waals surface area contributed by atoms with E-state index in [1.54, 1.807) is 26.5 Å². The molecule has 0 aliphatic heterocycles. The Morgan fingerprint density at radius 1 is 1.17 bits per heavy atom. The van der Waals surface area contributed by atoms with Crippen molar-refractivity contribution >= 4 is 19.9 Å². The summed E-state index contributed by atoms with van der Waals surface area (Å²) in [6.45, 7) is 0. The van der Waals surface area contributed by atoms with Gasteiger partial charge >= 0.3 is 0 Å². The molecule has 1 rings (SSSR count). The number of nitrogens with zero attached hydrogens (tertiary/aromatic N) is 2. The lowest BCUT2D eigenvalue weighted by Crippen LogP contribution is -2.06. The lowest BCUT2D eigenvalue weighted by molar-refractivity contribution is -0.115. The van der Waals surface area contributed by atoms with E-state index in [-0.39, 0.29) is 13.5 Å². The van der Waals surface area contributed by atoms with Crippen LogP contribution in [0.4, 0.5) is 0 Å². The van der Waals surface area contributed by atoms with Gasteiger partial charge in [-0.1, -0.05) is 6.07 Å². The first-order valence-electron chi connectivity index (χ1n) is 3.24. The molecule has 1 aromatic heterocycles. The predicted octanol–water partition coefficient (Wildman–Crippen LogP) is 0.899. The van der Waals surface area contributed by atoms with Crippen LogP contribution in [0.1, 0.15) is 0 Å². The molecule has 0 atom stereocenters. The van der Waals surface area contributed by atoms with Crippen LogP contribution in [0.15, 0.2) is 30.6 Å². The molecule has 1 aromatic rings. The highest BCUT2D eigenvalue weighted by molar-refractivity contribution is 7.59. The van der Waals surface area contributed by atoms with Crippen molar-refractivity contribution in [2.75, 3.05) is 14.1 Å². The van der Waals surface area contributed by atoms with Gasteiger partial charge in [-0.05, 0) is 12.1 Å². The molecule has 0 radical (unpaired) electrons. The van der Waals surface area contributed by atoms with Gasteiger partial charge < -0.3 is 4.90 Å². The van der Waals surface area contributed by atoms with Crippen molar-refractivity contribution < 1.29 is 4.79 Å². The number of amides is 1. The van der Waals surface area contributed by atoms with E-state index in [0.717, 1.165) is 6.41 Å². The van der Waals surface area contributed by atoms with Crippen molar-refractivity contribution in [1.29, 1.82) is 0 Å². The minimum atomic E-state index is 0. The summed E-state index contributed by atoms with van der Waals surface area (Å²) in [6.07, 6.45) is 4.25. The molecule has 0 spiro atoms. The maximum atomic E-state index is 9.43. The monoisotopic (exact) mass is 186 g/mol. The fourth-order valence-electron chi connectivity index (χ4n) is 0.313. The summed E-state index contributed by atoms with van der Waals surface area (Å²) in [7, 11) is 3.38. The molecule has 0 aliphatic rings. The molecule has 68 valence electrons. The van der Waals surface area contributed by atoms with Crippen molar-refractivity contribution in [3.63, 3.8) is 0 Å². The van der Waals surface area contributed by atoms with Gasteiger partial charge in [-0.3, -0.25) is 9.78 Å². The molecule has 0 bridgehead atoms. The zero-order valence-electron chi connectivity index (χ0n) is 7.27. The lowest BCUT2D eigenvalue weighted by atomic mass is 10.5. The number of pyridine rings is 1. The summed E-state index contributed by atoms with van der Waals surface area (Å²) in [5, 5.41) is 0. The van der Waals surface area contributed by atoms with Gasteiger partial charge in [0.15, 0.2) is 0 Å². The molecule has 3 nitrogen and oxygen atoms in total. The van der Waals surface area contributed by atoms with Gasteiger partial charge in [0, 0.05) is 26.5 Å². The topological polar surface area (TPSA) is 33.2 Å². The van der Waals surface area contributed by atoms with E-state index < -0.39 is 0 Å². The second kappa shape index (κ2) is 9.97. The quantitative estimate of drug-likeness (QED) is 0.610. The first kappa shape index (κ1) is 13.6. The SMILES string of the molecule is CN(C)C=O.S.c1ccncc1. The molecular weight excluding hydrogens is 172 g/mol. The standard InChI is InChI=1S/C5H5N.C3H7NO.H2S/c1-2-4-6-5-3-1;1-4(2)3-5;/h1-5H;3H,1-2H3;1H2. The van der Waals surface area contributed by atoms with Crippen LogP contribution < -0.4 is 0 Å². The number of carbonyl (C=O) groups excluding carboxylic acids is 1. The smallest absolute Gasteiger partial charge is 0.209 e. The predicted molar refractivity (Wildman–Crippen MR) is 54.4 cm³/mol. The summed E-state index contributed by atoms with van der Waals surface area (Å²) < 4.78 is 0. The van der Waals surface area contributed by atoms with E-state index in [4.69, 9.17) is 0 Å². The molecule has 0 fully saturated rings. The van der Waals surface area contributed by atoms with Gasteiger partial charge in [0.1, 0.15) is 0 Å². The zero-order valence-corrected chi connectivity index (χ0v) is 8.27. The molecule has 0 N–H and O–H groups in total. The molecule has 0 saturated carbocycles. The molecule has 1 amide bonds. The van der Waals surface area contributed by atoms with Gasteiger partial charge in [-0.2, -0.15) is 13.5 Å². The average molecular weight is 186 g/mol. The molecule has 0 saturated heterocycles. The summed E-state index contributed by atoms with van der Waals surface area (Å²) in [4.78, 5) is 14.7. The van der Waals surface area contributed by atoms with Crippen LogP contribution in [-0.4, -0.2) is 30.4 Å². The zero-order chi connectivity index (χ0) is 8.53. The Balaban J connectivity index is 0. The summed E-state index contributed by atoms with van der Waals surface area (Å²) >= 11 is 0. The number of carbonyl (C=O) groups is 1. The Morgan fingerprint density at radius 3 is 1.67 bits per heavy atom. The van der Waals surface area contributed by atoms with Crippen LogP contribution in [0.2, 0.25) is 0 Å². The molecule has 12 heavy (non-hydrogen) atoms. The Hall–Kier alpha value is -1.03. The van der Waals surface area contributed by atoms with E-state index in [1.165, 1.54) is 4.90 Å². The van der Waals surface area contributed by atoms with Crippen LogP contribution >= 0.6 is 13.5 Å². The van der Waals surface area contributed by atoms with E-state index in [9.17, 15) is 4.79 Å². The summed E-state index contributed by atoms with van der Waals surface area (Å²) in [6, 6.07) is 5.72. The second-order valence-electron chi connectivity index (χ2n) is 2.09. The van der Waals surface area contributed by atoms with Gasteiger partial charge in [0.2, 0.25) is 6.41 Å². The molecule has 0 unspecified atom stereocenters. The van der Waals surface area contributed by atoms with Crippen LogP contribution in [0.5, 0.6) is 0 Å². The second-order valence-corrected chi connectivity index (χ2v) is 2.09. The first-order chi connectivity index (χ1) is 5.27. The van der Waals surface area contributed by atoms with E-state index in [1.807, 2.05) is 18.2 Å².